The summed E-state index contributed by atoms with van der Waals surface area (Å²) in [4.78, 5) is 10.8. The SMILES string of the molecule is O=C(O)c1ccc[n+]([C@@H]2O[C@H](CO)[C@@H](O)[C@H]2O)c1.O=S(=O)([O-])C(F)(F)F. The van der Waals surface area contributed by atoms with E-state index in [-0.39, 0.29) is 5.56 Å². The van der Waals surface area contributed by atoms with E-state index in [0.29, 0.717) is 0 Å². The molecule has 0 amide bonds. The van der Waals surface area contributed by atoms with Crippen molar-refractivity contribution in [2.24, 2.45) is 0 Å². The van der Waals surface area contributed by atoms with Crippen LogP contribution in [-0.2, 0) is 14.9 Å². The first kappa shape index (κ1) is 22.2. The van der Waals surface area contributed by atoms with Crippen LogP contribution in [0.1, 0.15) is 16.6 Å². The zero-order valence-electron chi connectivity index (χ0n) is 12.6. The van der Waals surface area contributed by atoms with Crippen molar-refractivity contribution in [3.05, 3.63) is 30.1 Å². The van der Waals surface area contributed by atoms with E-state index in [2.05, 4.69) is 0 Å². The number of aliphatic hydroxyl groups is 3. The number of pyridine rings is 1. The highest BCUT2D eigenvalue weighted by molar-refractivity contribution is 7.86. The number of ether oxygens (including phenoxy) is 1. The first-order chi connectivity index (χ1) is 11.8. The fraction of sp³-hybridized carbons (Fsp3) is 0.500. The second-order valence-electron chi connectivity index (χ2n) is 4.97. The molecule has 148 valence electrons. The molecule has 1 aliphatic rings. The summed E-state index contributed by atoms with van der Waals surface area (Å²) in [6, 6.07) is 2.90. The Bertz CT molecular complexity index is 740. The Morgan fingerprint density at radius 3 is 2.23 bits per heavy atom. The summed E-state index contributed by atoms with van der Waals surface area (Å²) >= 11 is 0. The van der Waals surface area contributed by atoms with Crippen molar-refractivity contribution in [2.45, 2.75) is 30.0 Å². The summed E-state index contributed by atoms with van der Waals surface area (Å²) in [6.07, 6.45) is -1.42. The fourth-order valence-electron chi connectivity index (χ4n) is 1.90. The summed E-state index contributed by atoms with van der Waals surface area (Å²) in [5.74, 6) is -1.10. The first-order valence-corrected chi connectivity index (χ1v) is 8.09. The van der Waals surface area contributed by atoms with Gasteiger partial charge in [0.2, 0.25) is 0 Å². The molecule has 2 rings (SSSR count). The minimum Gasteiger partial charge on any atom is -0.741 e. The summed E-state index contributed by atoms with van der Waals surface area (Å²) < 4.78 is 65.5. The maximum absolute atomic E-state index is 10.8. The van der Waals surface area contributed by atoms with Gasteiger partial charge in [-0.2, -0.15) is 17.7 Å². The number of alkyl halides is 3. The van der Waals surface area contributed by atoms with E-state index in [9.17, 15) is 28.2 Å². The van der Waals surface area contributed by atoms with Gasteiger partial charge in [-0.15, -0.1) is 0 Å². The van der Waals surface area contributed by atoms with Crippen LogP contribution in [0.2, 0.25) is 0 Å². The van der Waals surface area contributed by atoms with Gasteiger partial charge in [0.25, 0.3) is 6.23 Å². The van der Waals surface area contributed by atoms with E-state index in [0.717, 1.165) is 0 Å². The van der Waals surface area contributed by atoms with Gasteiger partial charge in [-0.25, -0.2) is 13.2 Å². The molecule has 4 N–H and O–H groups in total. The standard InChI is InChI=1S/C11H13NO6.CHF3O3S/c13-5-7-8(14)9(15)10(18-7)12-3-1-2-6(4-12)11(16)17;2-1(3,4)8(5,6)7/h1-4,7-10,13-15H,5H2;(H,5,6,7)/t7-,8-,9-,10-;/m1./s1. The molecule has 1 saturated heterocycles. The Hall–Kier alpha value is -1.84. The van der Waals surface area contributed by atoms with Crippen LogP contribution in [-0.4, -0.2) is 69.8 Å². The number of hydrogen-bond donors (Lipinski definition) is 4. The smallest absolute Gasteiger partial charge is 0.485 e. The van der Waals surface area contributed by atoms with Crippen molar-refractivity contribution in [3.8, 4) is 0 Å². The zero-order valence-corrected chi connectivity index (χ0v) is 13.5. The Morgan fingerprint density at radius 1 is 1.31 bits per heavy atom. The zero-order chi connectivity index (χ0) is 20.3. The molecule has 1 fully saturated rings. The van der Waals surface area contributed by atoms with Gasteiger partial charge in [0.1, 0.15) is 17.8 Å². The molecule has 1 aromatic heterocycles. The molecular weight excluding hydrogens is 391 g/mol. The molecule has 4 atom stereocenters. The molecule has 2 heterocycles. The minimum absolute atomic E-state index is 0.0373. The summed E-state index contributed by atoms with van der Waals surface area (Å²) in [7, 11) is -6.09. The third-order valence-electron chi connectivity index (χ3n) is 3.16. The van der Waals surface area contributed by atoms with Gasteiger partial charge in [0.15, 0.2) is 28.6 Å². The Morgan fingerprint density at radius 2 is 1.85 bits per heavy atom. The van der Waals surface area contributed by atoms with Gasteiger partial charge >= 0.3 is 11.5 Å². The number of aliphatic hydroxyl groups excluding tert-OH is 3. The van der Waals surface area contributed by atoms with E-state index < -0.39 is 52.7 Å². The van der Waals surface area contributed by atoms with Crippen LogP contribution in [0.5, 0.6) is 0 Å². The lowest BCUT2D eigenvalue weighted by molar-refractivity contribution is -0.765. The average Bonchev–Trinajstić information content (AvgIpc) is 2.81. The van der Waals surface area contributed by atoms with Gasteiger partial charge in [-0.3, -0.25) is 0 Å². The third-order valence-corrected chi connectivity index (χ3v) is 3.73. The Kier molecular flexibility index (Phi) is 7.03. The molecule has 0 spiro atoms. The topological polar surface area (TPSA) is 168 Å². The van der Waals surface area contributed by atoms with Gasteiger partial charge in [0, 0.05) is 6.07 Å². The molecule has 0 unspecified atom stereocenters. The number of carboxylic acid groups (broad SMARTS) is 1. The summed E-state index contributed by atoms with van der Waals surface area (Å²) in [6.45, 7) is -0.423. The van der Waals surface area contributed by atoms with E-state index in [4.69, 9.17) is 27.9 Å². The molecule has 10 nitrogen and oxygen atoms in total. The number of nitrogens with zero attached hydrogens (tertiary/aromatic N) is 1. The normalized spacial score (nSPS) is 26.1. The quantitative estimate of drug-likeness (QED) is 0.261. The third kappa shape index (κ3) is 5.33. The molecule has 1 aromatic rings. The predicted molar refractivity (Wildman–Crippen MR) is 72.4 cm³/mol. The lowest BCUT2D eigenvalue weighted by Gasteiger charge is -2.09. The number of aromatic nitrogens is 1. The highest BCUT2D eigenvalue weighted by Crippen LogP contribution is 2.25. The second-order valence-corrected chi connectivity index (χ2v) is 6.34. The molecule has 14 heteroatoms. The molecule has 0 radical (unpaired) electrons. The molecule has 1 aliphatic heterocycles. The first-order valence-electron chi connectivity index (χ1n) is 6.68. The number of rotatable bonds is 3. The Labute approximate surface area is 144 Å². The highest BCUT2D eigenvalue weighted by Gasteiger charge is 2.48. The minimum atomic E-state index is -6.09. The van der Waals surface area contributed by atoms with Crippen LogP contribution in [0.15, 0.2) is 24.5 Å². The second kappa shape index (κ2) is 8.24. The van der Waals surface area contributed by atoms with E-state index >= 15 is 0 Å². The van der Waals surface area contributed by atoms with Crippen LogP contribution in [0.25, 0.3) is 0 Å². The number of hydrogen-bond acceptors (Lipinski definition) is 8. The van der Waals surface area contributed by atoms with Crippen molar-refractivity contribution in [1.82, 2.24) is 0 Å². The van der Waals surface area contributed by atoms with Crippen LogP contribution in [0, 0.1) is 0 Å². The van der Waals surface area contributed by atoms with Crippen LogP contribution < -0.4 is 4.57 Å². The molecule has 0 saturated carbocycles. The van der Waals surface area contributed by atoms with E-state index in [1.54, 1.807) is 0 Å². The van der Waals surface area contributed by atoms with E-state index in [1.807, 2.05) is 0 Å². The van der Waals surface area contributed by atoms with Crippen molar-refractivity contribution < 1.29 is 60.7 Å². The molecule has 26 heavy (non-hydrogen) atoms. The average molecular weight is 405 g/mol. The molecular formula is C12H14F3NO9S. The number of carboxylic acids is 1. The molecule has 0 bridgehead atoms. The van der Waals surface area contributed by atoms with Crippen LogP contribution in [0.4, 0.5) is 13.2 Å². The molecule has 0 aliphatic carbocycles. The van der Waals surface area contributed by atoms with Gasteiger partial charge in [-0.1, -0.05) is 0 Å². The van der Waals surface area contributed by atoms with Gasteiger partial charge in [0.05, 0.1) is 6.61 Å². The largest absolute Gasteiger partial charge is 0.741 e. The number of halogens is 3. The lowest BCUT2D eigenvalue weighted by atomic mass is 10.1. The number of carbonyl (C=O) groups is 1. The lowest BCUT2D eigenvalue weighted by Crippen LogP contribution is -2.46. The van der Waals surface area contributed by atoms with Crippen LogP contribution >= 0.6 is 0 Å². The highest BCUT2D eigenvalue weighted by atomic mass is 32.2. The summed E-state index contributed by atoms with van der Waals surface area (Å²) in [5.41, 5.74) is -5.61. The molecule has 0 aromatic carbocycles. The fourth-order valence-corrected chi connectivity index (χ4v) is 1.90. The maximum atomic E-state index is 10.8. The monoisotopic (exact) mass is 405 g/mol. The maximum Gasteiger partial charge on any atom is 0.485 e. The van der Waals surface area contributed by atoms with Gasteiger partial charge < -0.3 is 29.7 Å². The number of aromatic carboxylic acids is 1. The predicted octanol–water partition coefficient (Wildman–Crippen LogP) is -1.66. The van der Waals surface area contributed by atoms with Crippen molar-refractivity contribution >= 4 is 16.1 Å². The van der Waals surface area contributed by atoms with E-state index in [1.165, 1.54) is 29.1 Å². The van der Waals surface area contributed by atoms with Crippen LogP contribution in [0.3, 0.4) is 0 Å². The van der Waals surface area contributed by atoms with Crippen molar-refractivity contribution in [1.29, 1.82) is 0 Å². The van der Waals surface area contributed by atoms with Crippen molar-refractivity contribution in [2.75, 3.05) is 6.61 Å². The summed E-state index contributed by atoms with van der Waals surface area (Å²) in [5, 5.41) is 37.2. The van der Waals surface area contributed by atoms with Gasteiger partial charge in [-0.05, 0) is 6.07 Å². The Balaban J connectivity index is 0.000000359. The van der Waals surface area contributed by atoms with Crippen molar-refractivity contribution in [3.63, 3.8) is 0 Å².